The van der Waals surface area contributed by atoms with Crippen molar-refractivity contribution in [1.82, 2.24) is 4.98 Å². The first kappa shape index (κ1) is 15.7. The fourth-order valence-electron chi connectivity index (χ4n) is 3.68. The van der Waals surface area contributed by atoms with Crippen LogP contribution in [-0.2, 0) is 0 Å². The summed E-state index contributed by atoms with van der Waals surface area (Å²) in [5.41, 5.74) is 4.72. The number of fused-ring (bicyclic) bond motifs is 2. The summed E-state index contributed by atoms with van der Waals surface area (Å²) in [5, 5.41) is 1.86. The minimum absolute atomic E-state index is 0.276. The minimum atomic E-state index is -0.276. The lowest BCUT2D eigenvalue weighted by atomic mass is 9.94. The lowest BCUT2D eigenvalue weighted by Gasteiger charge is -2.13. The highest BCUT2D eigenvalue weighted by molar-refractivity contribution is 6.10. The van der Waals surface area contributed by atoms with Gasteiger partial charge in [-0.05, 0) is 17.2 Å². The van der Waals surface area contributed by atoms with Crippen LogP contribution in [0.1, 0.15) is 0 Å². The third-order valence-electron chi connectivity index (χ3n) is 4.94. The van der Waals surface area contributed by atoms with Gasteiger partial charge in [0, 0.05) is 21.9 Å². The molecule has 0 amide bonds. The van der Waals surface area contributed by atoms with Crippen molar-refractivity contribution in [2.75, 3.05) is 0 Å². The van der Waals surface area contributed by atoms with Gasteiger partial charge in [-0.15, -0.1) is 0 Å². The summed E-state index contributed by atoms with van der Waals surface area (Å²) >= 11 is 0. The first-order valence-corrected chi connectivity index (χ1v) is 8.95. The Kier molecular flexibility index (Phi) is 3.68. The SMILES string of the molecule is Fc1c(-c2ccccc2)ccc2c(-c3ccccc3)c3ccccc3nc12. The van der Waals surface area contributed by atoms with Crippen LogP contribution in [0.25, 0.3) is 44.1 Å². The highest BCUT2D eigenvalue weighted by Gasteiger charge is 2.16. The van der Waals surface area contributed by atoms with E-state index >= 15 is 4.39 Å². The molecule has 2 heteroatoms. The fourth-order valence-corrected chi connectivity index (χ4v) is 3.68. The van der Waals surface area contributed by atoms with Crippen LogP contribution in [0, 0.1) is 5.82 Å². The molecule has 0 saturated carbocycles. The summed E-state index contributed by atoms with van der Waals surface area (Å²) in [6.45, 7) is 0. The van der Waals surface area contributed by atoms with E-state index in [1.807, 2.05) is 84.9 Å². The zero-order valence-electron chi connectivity index (χ0n) is 14.6. The van der Waals surface area contributed by atoms with E-state index < -0.39 is 0 Å². The van der Waals surface area contributed by atoms with Crippen molar-refractivity contribution in [2.45, 2.75) is 0 Å². The Morgan fingerprint density at radius 3 is 1.93 bits per heavy atom. The molecule has 0 aliphatic rings. The summed E-state index contributed by atoms with van der Waals surface area (Å²) in [6.07, 6.45) is 0. The van der Waals surface area contributed by atoms with Crippen molar-refractivity contribution in [3.8, 4) is 22.3 Å². The lowest BCUT2D eigenvalue weighted by Crippen LogP contribution is -1.94. The quantitative estimate of drug-likeness (QED) is 0.317. The molecule has 128 valence electrons. The maximum atomic E-state index is 15.5. The number of pyridine rings is 1. The molecule has 0 bridgehead atoms. The number of para-hydroxylation sites is 1. The van der Waals surface area contributed by atoms with Gasteiger partial charge in [0.05, 0.1) is 5.52 Å². The van der Waals surface area contributed by atoms with Gasteiger partial charge in [0.15, 0.2) is 5.82 Å². The number of nitrogens with zero attached hydrogens (tertiary/aromatic N) is 1. The number of benzene rings is 4. The van der Waals surface area contributed by atoms with Crippen molar-refractivity contribution in [2.24, 2.45) is 0 Å². The van der Waals surface area contributed by atoms with Gasteiger partial charge in [-0.25, -0.2) is 9.37 Å². The molecule has 0 atom stereocenters. The normalized spacial score (nSPS) is 11.1. The molecule has 27 heavy (non-hydrogen) atoms. The lowest BCUT2D eigenvalue weighted by molar-refractivity contribution is 0.640. The van der Waals surface area contributed by atoms with E-state index in [2.05, 4.69) is 17.1 Å². The summed E-state index contributed by atoms with van der Waals surface area (Å²) in [7, 11) is 0. The van der Waals surface area contributed by atoms with Gasteiger partial charge in [-0.2, -0.15) is 0 Å². The van der Waals surface area contributed by atoms with Crippen LogP contribution < -0.4 is 0 Å². The third kappa shape index (κ3) is 2.58. The molecular formula is C25H16FN. The predicted molar refractivity (Wildman–Crippen MR) is 110 cm³/mol. The second kappa shape index (κ2) is 6.33. The number of hydrogen-bond donors (Lipinski definition) is 0. The van der Waals surface area contributed by atoms with Crippen molar-refractivity contribution < 1.29 is 4.39 Å². The first-order valence-electron chi connectivity index (χ1n) is 8.95. The summed E-state index contributed by atoms with van der Waals surface area (Å²) < 4.78 is 15.5. The Hall–Kier alpha value is -3.52. The van der Waals surface area contributed by atoms with Crippen LogP contribution in [0.15, 0.2) is 97.1 Å². The van der Waals surface area contributed by atoms with Gasteiger partial charge < -0.3 is 0 Å². The van der Waals surface area contributed by atoms with Crippen LogP contribution in [0.4, 0.5) is 4.39 Å². The molecule has 0 aliphatic heterocycles. The van der Waals surface area contributed by atoms with Crippen molar-refractivity contribution in [3.05, 3.63) is 103 Å². The van der Waals surface area contributed by atoms with Crippen LogP contribution in [-0.4, -0.2) is 4.98 Å². The minimum Gasteiger partial charge on any atom is -0.245 e. The molecule has 4 aromatic carbocycles. The smallest absolute Gasteiger partial charge is 0.157 e. The van der Waals surface area contributed by atoms with Crippen LogP contribution in [0.5, 0.6) is 0 Å². The monoisotopic (exact) mass is 349 g/mol. The number of hydrogen-bond acceptors (Lipinski definition) is 1. The first-order chi connectivity index (χ1) is 13.3. The highest BCUT2D eigenvalue weighted by atomic mass is 19.1. The zero-order chi connectivity index (χ0) is 18.2. The number of rotatable bonds is 2. The Morgan fingerprint density at radius 2 is 1.19 bits per heavy atom. The largest absolute Gasteiger partial charge is 0.245 e. The molecule has 0 fully saturated rings. The average molecular weight is 349 g/mol. The second-order valence-corrected chi connectivity index (χ2v) is 6.56. The third-order valence-corrected chi connectivity index (χ3v) is 4.94. The maximum absolute atomic E-state index is 15.5. The standard InChI is InChI=1S/C25H16FN/c26-24-19(17-9-3-1-4-10-17)15-16-21-23(18-11-5-2-6-12-18)20-13-7-8-14-22(20)27-25(21)24/h1-16H. The van der Waals surface area contributed by atoms with Gasteiger partial charge in [0.25, 0.3) is 0 Å². The summed E-state index contributed by atoms with van der Waals surface area (Å²) in [4.78, 5) is 4.67. The van der Waals surface area contributed by atoms with Crippen molar-refractivity contribution in [1.29, 1.82) is 0 Å². The predicted octanol–water partition coefficient (Wildman–Crippen LogP) is 6.86. The van der Waals surface area contributed by atoms with Gasteiger partial charge in [0.2, 0.25) is 0 Å². The van der Waals surface area contributed by atoms with Crippen LogP contribution >= 0.6 is 0 Å². The molecule has 0 unspecified atom stereocenters. The Morgan fingerprint density at radius 1 is 0.556 bits per heavy atom. The van der Waals surface area contributed by atoms with Crippen molar-refractivity contribution in [3.63, 3.8) is 0 Å². The molecule has 0 aliphatic carbocycles. The number of halogens is 1. The van der Waals surface area contributed by atoms with E-state index in [9.17, 15) is 0 Å². The Labute approximate surface area is 156 Å². The molecule has 0 saturated heterocycles. The average Bonchev–Trinajstić information content (AvgIpc) is 2.74. The van der Waals surface area contributed by atoms with Gasteiger partial charge in [0.1, 0.15) is 5.52 Å². The van der Waals surface area contributed by atoms with E-state index in [-0.39, 0.29) is 5.82 Å². The van der Waals surface area contributed by atoms with Crippen molar-refractivity contribution >= 4 is 21.8 Å². The molecular weight excluding hydrogens is 333 g/mol. The molecule has 5 rings (SSSR count). The molecule has 0 radical (unpaired) electrons. The van der Waals surface area contributed by atoms with Gasteiger partial charge in [-0.1, -0.05) is 91.0 Å². The van der Waals surface area contributed by atoms with Gasteiger partial charge in [-0.3, -0.25) is 0 Å². The topological polar surface area (TPSA) is 12.9 Å². The Balaban J connectivity index is 1.91. The maximum Gasteiger partial charge on any atom is 0.157 e. The van der Waals surface area contributed by atoms with Crippen LogP contribution in [0.3, 0.4) is 0 Å². The Bertz CT molecular complexity index is 1260. The molecule has 1 aromatic heterocycles. The second-order valence-electron chi connectivity index (χ2n) is 6.56. The molecule has 0 spiro atoms. The van der Waals surface area contributed by atoms with Crippen LogP contribution in [0.2, 0.25) is 0 Å². The van der Waals surface area contributed by atoms with E-state index in [0.29, 0.717) is 11.1 Å². The zero-order valence-corrected chi connectivity index (χ0v) is 14.6. The molecule has 1 heterocycles. The van der Waals surface area contributed by atoms with E-state index in [1.165, 1.54) is 0 Å². The molecule has 1 nitrogen and oxygen atoms in total. The van der Waals surface area contributed by atoms with Gasteiger partial charge >= 0.3 is 0 Å². The van der Waals surface area contributed by atoms with E-state index in [1.54, 1.807) is 0 Å². The molecule has 5 aromatic rings. The van der Waals surface area contributed by atoms with E-state index in [4.69, 9.17) is 0 Å². The number of aromatic nitrogens is 1. The summed E-state index contributed by atoms with van der Waals surface area (Å²) in [6, 6.07) is 31.5. The summed E-state index contributed by atoms with van der Waals surface area (Å²) in [5.74, 6) is -0.276. The highest BCUT2D eigenvalue weighted by Crippen LogP contribution is 2.37. The fraction of sp³-hybridized carbons (Fsp3) is 0. The van der Waals surface area contributed by atoms with E-state index in [0.717, 1.165) is 33.0 Å². The molecule has 0 N–H and O–H groups in total.